The summed E-state index contributed by atoms with van der Waals surface area (Å²) >= 11 is 1.64. The SMILES string of the molecule is Cc1nc(CO[C@H]2CCN(Cc3ccc(F)c(F)c3)C[C@H]2Cc2ccccc2)cs1. The van der Waals surface area contributed by atoms with Crippen LogP contribution in [0.5, 0.6) is 0 Å². The lowest BCUT2D eigenvalue weighted by Gasteiger charge is -2.38. The Kier molecular flexibility index (Phi) is 6.87. The van der Waals surface area contributed by atoms with Gasteiger partial charge in [0.05, 0.1) is 23.4 Å². The Morgan fingerprint density at radius 2 is 1.93 bits per heavy atom. The van der Waals surface area contributed by atoms with Crippen molar-refractivity contribution in [1.29, 1.82) is 0 Å². The molecule has 0 saturated carbocycles. The number of rotatable bonds is 7. The fourth-order valence-electron chi connectivity index (χ4n) is 4.13. The van der Waals surface area contributed by atoms with E-state index in [0.29, 0.717) is 19.1 Å². The Hall–Kier alpha value is -2.15. The molecule has 0 N–H and O–H groups in total. The third-order valence-electron chi connectivity index (χ3n) is 5.59. The summed E-state index contributed by atoms with van der Waals surface area (Å²) in [6.07, 6.45) is 1.98. The van der Waals surface area contributed by atoms with E-state index in [4.69, 9.17) is 4.74 Å². The molecule has 2 heterocycles. The number of nitrogens with zero attached hydrogens (tertiary/aromatic N) is 2. The molecule has 0 spiro atoms. The lowest BCUT2D eigenvalue weighted by molar-refractivity contribution is -0.0445. The summed E-state index contributed by atoms with van der Waals surface area (Å²) in [6, 6.07) is 14.6. The molecule has 2 atom stereocenters. The Labute approximate surface area is 180 Å². The first-order chi connectivity index (χ1) is 14.6. The summed E-state index contributed by atoms with van der Waals surface area (Å²) in [7, 11) is 0. The second-order valence-corrected chi connectivity index (χ2v) is 8.99. The molecule has 0 aliphatic carbocycles. The van der Waals surface area contributed by atoms with E-state index in [-0.39, 0.29) is 6.10 Å². The lowest BCUT2D eigenvalue weighted by atomic mass is 9.88. The highest BCUT2D eigenvalue weighted by Crippen LogP contribution is 2.26. The molecule has 0 unspecified atom stereocenters. The Morgan fingerprint density at radius 3 is 2.67 bits per heavy atom. The van der Waals surface area contributed by atoms with Crippen LogP contribution in [-0.4, -0.2) is 29.1 Å². The Bertz CT molecular complexity index is 963. The van der Waals surface area contributed by atoms with Crippen LogP contribution in [0.25, 0.3) is 0 Å². The predicted octanol–water partition coefficient (Wildman–Crippen LogP) is 5.38. The van der Waals surface area contributed by atoms with Crippen LogP contribution >= 0.6 is 11.3 Å². The van der Waals surface area contributed by atoms with Gasteiger partial charge in [-0.3, -0.25) is 4.90 Å². The highest BCUT2D eigenvalue weighted by Gasteiger charge is 2.30. The van der Waals surface area contributed by atoms with Gasteiger partial charge in [0.15, 0.2) is 11.6 Å². The smallest absolute Gasteiger partial charge is 0.159 e. The third kappa shape index (κ3) is 5.50. The first-order valence-electron chi connectivity index (χ1n) is 10.3. The second-order valence-electron chi connectivity index (χ2n) is 7.93. The number of thiazole rings is 1. The molecule has 1 aromatic heterocycles. The van der Waals surface area contributed by atoms with Gasteiger partial charge in [-0.1, -0.05) is 36.4 Å². The number of piperidine rings is 1. The number of benzene rings is 2. The zero-order chi connectivity index (χ0) is 20.9. The monoisotopic (exact) mass is 428 g/mol. The second kappa shape index (κ2) is 9.77. The summed E-state index contributed by atoms with van der Waals surface area (Å²) in [5, 5.41) is 3.11. The van der Waals surface area contributed by atoms with Gasteiger partial charge >= 0.3 is 0 Å². The molecule has 1 aliphatic heterocycles. The minimum Gasteiger partial charge on any atom is -0.371 e. The normalized spacial score (nSPS) is 19.8. The average Bonchev–Trinajstić information content (AvgIpc) is 3.16. The molecule has 0 radical (unpaired) electrons. The highest BCUT2D eigenvalue weighted by molar-refractivity contribution is 7.09. The molecule has 0 amide bonds. The van der Waals surface area contributed by atoms with Crippen LogP contribution in [0.4, 0.5) is 8.78 Å². The van der Waals surface area contributed by atoms with Crippen molar-refractivity contribution in [2.75, 3.05) is 13.1 Å². The van der Waals surface area contributed by atoms with Gasteiger partial charge in [0.2, 0.25) is 0 Å². The minimum atomic E-state index is -0.801. The molecule has 3 nitrogen and oxygen atoms in total. The van der Waals surface area contributed by atoms with Gasteiger partial charge < -0.3 is 4.74 Å². The van der Waals surface area contributed by atoms with Gasteiger partial charge in [0.1, 0.15) is 0 Å². The van der Waals surface area contributed by atoms with Gasteiger partial charge in [-0.2, -0.15) is 0 Å². The fourth-order valence-corrected chi connectivity index (χ4v) is 4.72. The minimum absolute atomic E-state index is 0.147. The third-order valence-corrected chi connectivity index (χ3v) is 6.41. The van der Waals surface area contributed by atoms with Crippen molar-refractivity contribution in [1.82, 2.24) is 9.88 Å². The molecular formula is C24H26F2N2OS. The summed E-state index contributed by atoms with van der Waals surface area (Å²) in [5.41, 5.74) is 3.07. The number of ether oxygens (including phenoxy) is 1. The predicted molar refractivity (Wildman–Crippen MR) is 115 cm³/mol. The Morgan fingerprint density at radius 1 is 1.10 bits per heavy atom. The molecule has 0 bridgehead atoms. The van der Waals surface area contributed by atoms with Gasteiger partial charge in [-0.25, -0.2) is 13.8 Å². The van der Waals surface area contributed by atoms with Crippen LogP contribution in [-0.2, 0) is 24.3 Å². The number of likely N-dealkylation sites (tertiary alicyclic amines) is 1. The number of hydrogen-bond acceptors (Lipinski definition) is 4. The van der Waals surface area contributed by atoms with Crippen molar-refractivity contribution in [3.63, 3.8) is 0 Å². The van der Waals surface area contributed by atoms with E-state index >= 15 is 0 Å². The fraction of sp³-hybridized carbons (Fsp3) is 0.375. The number of halogens is 2. The molecule has 1 saturated heterocycles. The van der Waals surface area contributed by atoms with Crippen LogP contribution < -0.4 is 0 Å². The summed E-state index contributed by atoms with van der Waals surface area (Å²) < 4.78 is 33.2. The summed E-state index contributed by atoms with van der Waals surface area (Å²) in [6.45, 7) is 4.87. The average molecular weight is 429 g/mol. The lowest BCUT2D eigenvalue weighted by Crippen LogP contribution is -2.44. The molecule has 1 aliphatic rings. The van der Waals surface area contributed by atoms with Crippen LogP contribution in [0.15, 0.2) is 53.9 Å². The maximum atomic E-state index is 13.6. The van der Waals surface area contributed by atoms with Gasteiger partial charge in [-0.15, -0.1) is 11.3 Å². The van der Waals surface area contributed by atoms with E-state index in [2.05, 4.69) is 39.5 Å². The quantitative estimate of drug-likeness (QED) is 0.505. The van der Waals surface area contributed by atoms with Crippen LogP contribution in [0.1, 0.15) is 28.2 Å². The van der Waals surface area contributed by atoms with E-state index in [1.165, 1.54) is 17.7 Å². The molecule has 6 heteroatoms. The van der Waals surface area contributed by atoms with Crippen molar-refractivity contribution >= 4 is 11.3 Å². The van der Waals surface area contributed by atoms with Crippen molar-refractivity contribution in [3.8, 4) is 0 Å². The number of hydrogen-bond donors (Lipinski definition) is 0. The number of aryl methyl sites for hydroxylation is 1. The molecule has 2 aromatic carbocycles. The van der Waals surface area contributed by atoms with E-state index in [1.807, 2.05) is 13.0 Å². The zero-order valence-electron chi connectivity index (χ0n) is 17.1. The van der Waals surface area contributed by atoms with Crippen molar-refractivity contribution < 1.29 is 13.5 Å². The van der Waals surface area contributed by atoms with E-state index in [0.717, 1.165) is 42.2 Å². The van der Waals surface area contributed by atoms with Crippen molar-refractivity contribution in [2.24, 2.45) is 5.92 Å². The Balaban J connectivity index is 1.43. The first kappa shape index (κ1) is 21.1. The van der Waals surface area contributed by atoms with E-state index in [1.54, 1.807) is 17.4 Å². The van der Waals surface area contributed by atoms with E-state index < -0.39 is 11.6 Å². The molecular weight excluding hydrogens is 402 g/mol. The molecule has 158 valence electrons. The summed E-state index contributed by atoms with van der Waals surface area (Å²) in [5.74, 6) is -1.26. The highest BCUT2D eigenvalue weighted by atomic mass is 32.1. The first-order valence-corrected chi connectivity index (χ1v) is 11.2. The van der Waals surface area contributed by atoms with Crippen molar-refractivity contribution in [3.05, 3.63) is 87.4 Å². The molecule has 4 rings (SSSR count). The van der Waals surface area contributed by atoms with Crippen LogP contribution in [0.2, 0.25) is 0 Å². The standard InChI is InChI=1S/C24H26F2N2OS/c1-17-27-21(16-30-17)15-29-24-9-10-28(13-19-7-8-22(25)23(26)12-19)14-20(24)11-18-5-3-2-4-6-18/h2-8,12,16,20,24H,9-11,13-15H2,1H3/t20-,24+/m1/s1. The largest absolute Gasteiger partial charge is 0.371 e. The van der Waals surface area contributed by atoms with E-state index in [9.17, 15) is 8.78 Å². The molecule has 3 aromatic rings. The van der Waals surface area contributed by atoms with Gasteiger partial charge in [0, 0.05) is 30.9 Å². The number of aromatic nitrogens is 1. The molecule has 30 heavy (non-hydrogen) atoms. The van der Waals surface area contributed by atoms with Gasteiger partial charge in [0.25, 0.3) is 0 Å². The molecule has 1 fully saturated rings. The zero-order valence-corrected chi connectivity index (χ0v) is 17.9. The summed E-state index contributed by atoms with van der Waals surface area (Å²) in [4.78, 5) is 6.82. The maximum Gasteiger partial charge on any atom is 0.159 e. The van der Waals surface area contributed by atoms with Gasteiger partial charge in [-0.05, 0) is 43.0 Å². The van der Waals surface area contributed by atoms with Crippen molar-refractivity contribution in [2.45, 2.75) is 39.0 Å². The van der Waals surface area contributed by atoms with Crippen LogP contribution in [0, 0.1) is 24.5 Å². The van der Waals surface area contributed by atoms with Crippen LogP contribution in [0.3, 0.4) is 0 Å². The maximum absolute atomic E-state index is 13.6. The topological polar surface area (TPSA) is 25.4 Å².